The molecule has 1 heterocycles. The SMILES string of the molecule is C1=CC(c2cpppp2)C=C1. The molecule has 54 valence electrons. The summed E-state index contributed by atoms with van der Waals surface area (Å²) in [5.74, 6) is 2.98. The largest absolute Gasteiger partial charge is 0.0729 e. The topological polar surface area (TPSA) is 0 Å². The number of rotatable bonds is 1. The Morgan fingerprint density at radius 3 is 2.55 bits per heavy atom. The molecule has 0 unspecified atom stereocenters. The average Bonchev–Trinajstić information content (AvgIpc) is 2.58. The van der Waals surface area contributed by atoms with Crippen LogP contribution in [0.5, 0.6) is 0 Å². The highest BCUT2D eigenvalue weighted by molar-refractivity contribution is 8.29. The summed E-state index contributed by atoms with van der Waals surface area (Å²) in [7, 11) is 6.06. The molecule has 0 aromatic carbocycles. The molecule has 1 aliphatic rings. The molecule has 0 aliphatic heterocycles. The van der Waals surface area contributed by atoms with Crippen molar-refractivity contribution in [2.75, 3.05) is 0 Å². The average molecular weight is 214 g/mol. The van der Waals surface area contributed by atoms with Gasteiger partial charge < -0.3 is 0 Å². The molecule has 1 aromatic rings. The lowest BCUT2D eigenvalue weighted by Crippen LogP contribution is -1.80. The normalized spacial score (nSPS) is 18.9. The summed E-state index contributed by atoms with van der Waals surface area (Å²) in [6, 6.07) is 0. The van der Waals surface area contributed by atoms with Gasteiger partial charge in [-0.25, -0.2) is 0 Å². The Bertz CT molecular complexity index is 279. The third-order valence-corrected chi connectivity index (χ3v) is 9.53. The van der Waals surface area contributed by atoms with Crippen LogP contribution in [-0.4, -0.2) is 0 Å². The maximum Gasteiger partial charge on any atom is 0.0255 e. The minimum Gasteiger partial charge on any atom is -0.0729 e. The van der Waals surface area contributed by atoms with Crippen LogP contribution in [-0.2, 0) is 0 Å². The van der Waals surface area contributed by atoms with Gasteiger partial charge in [-0.05, 0) is 41.9 Å². The van der Waals surface area contributed by atoms with Crippen molar-refractivity contribution in [1.29, 1.82) is 0 Å². The first-order chi connectivity index (χ1) is 5.47. The van der Waals surface area contributed by atoms with Gasteiger partial charge in [0, 0.05) is 5.92 Å². The van der Waals surface area contributed by atoms with E-state index in [9.17, 15) is 0 Å². The highest BCUT2D eigenvalue weighted by Gasteiger charge is 2.05. The van der Waals surface area contributed by atoms with Crippen molar-refractivity contribution in [3.05, 3.63) is 35.4 Å². The summed E-state index contributed by atoms with van der Waals surface area (Å²) in [4.78, 5) is 0. The lowest BCUT2D eigenvalue weighted by atomic mass is 10.1. The molecular weight excluding hydrogens is 208 g/mol. The van der Waals surface area contributed by atoms with Crippen molar-refractivity contribution in [2.24, 2.45) is 0 Å². The molecule has 0 fully saturated rings. The monoisotopic (exact) mass is 214 g/mol. The van der Waals surface area contributed by atoms with E-state index in [0.29, 0.717) is 5.92 Å². The van der Waals surface area contributed by atoms with E-state index in [-0.39, 0.29) is 0 Å². The van der Waals surface area contributed by atoms with Crippen LogP contribution in [0.3, 0.4) is 0 Å². The predicted octanol–water partition coefficient (Wildman–Crippen LogP) is 5.22. The Morgan fingerprint density at radius 2 is 1.91 bits per heavy atom. The van der Waals surface area contributed by atoms with Gasteiger partial charge in [0.05, 0.1) is 0 Å². The first-order valence-electron chi connectivity index (χ1n) is 3.33. The second-order valence-electron chi connectivity index (χ2n) is 2.24. The molecule has 0 bridgehead atoms. The molecule has 0 radical (unpaired) electrons. The molecule has 4 heteroatoms. The molecule has 0 N–H and O–H groups in total. The van der Waals surface area contributed by atoms with Crippen molar-refractivity contribution in [2.45, 2.75) is 5.92 Å². The van der Waals surface area contributed by atoms with Crippen LogP contribution in [0, 0.1) is 0 Å². The lowest BCUT2D eigenvalue weighted by molar-refractivity contribution is 1.16. The van der Waals surface area contributed by atoms with E-state index in [1.165, 1.54) is 23.3 Å². The van der Waals surface area contributed by atoms with Gasteiger partial charge >= 0.3 is 0 Å². The Balaban J connectivity index is 2.30. The fourth-order valence-electron chi connectivity index (χ4n) is 0.987. The van der Waals surface area contributed by atoms with Gasteiger partial charge in [-0.2, -0.15) is 0 Å². The fourth-order valence-corrected chi connectivity index (χ4v) is 8.94. The smallest absolute Gasteiger partial charge is 0.0255 e. The van der Waals surface area contributed by atoms with Gasteiger partial charge in [-0.15, -0.1) is 0 Å². The van der Waals surface area contributed by atoms with Gasteiger partial charge in [0.25, 0.3) is 0 Å². The van der Waals surface area contributed by atoms with E-state index in [2.05, 4.69) is 30.1 Å². The first kappa shape index (κ1) is 8.04. The van der Waals surface area contributed by atoms with E-state index >= 15 is 0 Å². The summed E-state index contributed by atoms with van der Waals surface area (Å²) in [6.45, 7) is 0. The lowest BCUT2D eigenvalue weighted by Gasteiger charge is -2.01. The van der Waals surface area contributed by atoms with Gasteiger partial charge in [0.15, 0.2) is 0 Å². The second-order valence-corrected chi connectivity index (χ2v) is 9.39. The third kappa shape index (κ3) is 1.96. The molecule has 0 nitrogen and oxygen atoms in total. The minimum atomic E-state index is 0.618. The van der Waals surface area contributed by atoms with E-state index in [1.54, 1.807) is 12.8 Å². The molecule has 0 amide bonds. The summed E-state index contributed by atoms with van der Waals surface area (Å²) < 4.78 is 0. The molecule has 0 saturated heterocycles. The van der Waals surface area contributed by atoms with Crippen LogP contribution < -0.4 is 0 Å². The van der Waals surface area contributed by atoms with E-state index in [4.69, 9.17) is 0 Å². The predicted molar refractivity (Wildman–Crippen MR) is 57.5 cm³/mol. The third-order valence-electron chi connectivity index (χ3n) is 1.53. The molecule has 2 rings (SSSR count). The fraction of sp³-hybridized carbons (Fsp3) is 0.143. The minimum absolute atomic E-state index is 0.618. The zero-order chi connectivity index (χ0) is 7.52. The molecule has 1 aliphatic carbocycles. The van der Waals surface area contributed by atoms with Crippen molar-refractivity contribution < 1.29 is 0 Å². The standard InChI is InChI=1S/C7H6P4/c1-2-4-6(3-1)7-5-8-10-11-9-7/h1-6H. The van der Waals surface area contributed by atoms with Crippen LogP contribution in [0.4, 0.5) is 0 Å². The van der Waals surface area contributed by atoms with Crippen molar-refractivity contribution >= 4 is 30.8 Å². The van der Waals surface area contributed by atoms with Crippen LogP contribution in [0.2, 0.25) is 0 Å². The molecule has 1 aromatic heterocycles. The Kier molecular flexibility index (Phi) is 2.84. The van der Waals surface area contributed by atoms with Crippen molar-refractivity contribution in [3.8, 4) is 0 Å². The highest BCUT2D eigenvalue weighted by Crippen LogP contribution is 2.43. The van der Waals surface area contributed by atoms with Gasteiger partial charge in [-0.1, -0.05) is 24.3 Å². The van der Waals surface area contributed by atoms with Crippen LogP contribution >= 0.6 is 30.8 Å². The summed E-state index contributed by atoms with van der Waals surface area (Å²) >= 11 is 0. The summed E-state index contributed by atoms with van der Waals surface area (Å²) in [5, 5.41) is 1.58. The number of hydrogen-bond acceptors (Lipinski definition) is 0. The second kappa shape index (κ2) is 3.89. The molecule has 11 heavy (non-hydrogen) atoms. The van der Waals surface area contributed by atoms with Crippen molar-refractivity contribution in [1.82, 2.24) is 0 Å². The quantitative estimate of drug-likeness (QED) is 0.601. The zero-order valence-corrected chi connectivity index (χ0v) is 9.33. The highest BCUT2D eigenvalue weighted by atomic mass is 32.3. The molecule has 0 saturated carbocycles. The Labute approximate surface area is 72.5 Å². The maximum atomic E-state index is 2.37. The van der Waals surface area contributed by atoms with Crippen LogP contribution in [0.1, 0.15) is 11.2 Å². The first-order valence-corrected chi connectivity index (χ1v) is 9.09. The number of allylic oxidation sites excluding steroid dienone is 4. The Morgan fingerprint density at radius 1 is 1.09 bits per heavy atom. The van der Waals surface area contributed by atoms with Crippen molar-refractivity contribution in [3.63, 3.8) is 0 Å². The summed E-state index contributed by atoms with van der Waals surface area (Å²) in [5.41, 5.74) is 0. The summed E-state index contributed by atoms with van der Waals surface area (Å²) in [6.07, 6.45) is 8.82. The van der Waals surface area contributed by atoms with E-state index in [1.807, 2.05) is 0 Å². The van der Waals surface area contributed by atoms with Crippen LogP contribution in [0.25, 0.3) is 0 Å². The van der Waals surface area contributed by atoms with E-state index < -0.39 is 0 Å². The molecule has 0 spiro atoms. The molecular formula is C7H6P4. The number of hydrogen-bond donors (Lipinski definition) is 0. The maximum absolute atomic E-state index is 2.37. The van der Waals surface area contributed by atoms with E-state index in [0.717, 1.165) is 0 Å². The zero-order valence-electron chi connectivity index (χ0n) is 5.75. The van der Waals surface area contributed by atoms with Crippen LogP contribution in [0.15, 0.2) is 30.1 Å². The van der Waals surface area contributed by atoms with Gasteiger partial charge in [-0.3, -0.25) is 0 Å². The molecule has 0 atom stereocenters. The van der Waals surface area contributed by atoms with Gasteiger partial charge in [0.2, 0.25) is 0 Å². The van der Waals surface area contributed by atoms with Gasteiger partial charge in [0.1, 0.15) is 0 Å². The Hall–Kier alpha value is 0.420.